The number of nitrogens with one attached hydrogen (secondary N) is 1. The Bertz CT molecular complexity index is 476. The molecule has 1 aromatic rings. The molecule has 4 nitrogen and oxygen atoms in total. The van der Waals surface area contributed by atoms with Crippen molar-refractivity contribution in [3.05, 3.63) is 30.3 Å². The Morgan fingerprint density at radius 2 is 1.95 bits per heavy atom. The molecule has 0 unspecified atom stereocenters. The normalized spacial score (nSPS) is 26.9. The van der Waals surface area contributed by atoms with Crippen LogP contribution in [0.5, 0.6) is 0 Å². The van der Waals surface area contributed by atoms with Gasteiger partial charge in [0.2, 0.25) is 0 Å². The van der Waals surface area contributed by atoms with Gasteiger partial charge in [0.25, 0.3) is 0 Å². The number of hydrogen-bond acceptors (Lipinski definition) is 2. The van der Waals surface area contributed by atoms with Crippen LogP contribution in [0.1, 0.15) is 19.3 Å². The lowest BCUT2D eigenvalue weighted by Gasteiger charge is -2.38. The minimum atomic E-state index is 0.0429. The Balaban J connectivity index is 1.61. The Hall–Kier alpha value is -1.55. The van der Waals surface area contributed by atoms with E-state index in [1.54, 1.807) is 0 Å². The van der Waals surface area contributed by atoms with Crippen molar-refractivity contribution < 1.29 is 4.79 Å². The SMILES string of the molecule is CN1CCC[C@@]2(CCN(C(=O)Nc3ccccc3)C2)C1. The maximum atomic E-state index is 12.3. The summed E-state index contributed by atoms with van der Waals surface area (Å²) in [5.74, 6) is 0. The highest BCUT2D eigenvalue weighted by molar-refractivity contribution is 5.89. The fourth-order valence-electron chi connectivity index (χ4n) is 3.62. The molecule has 2 heterocycles. The molecule has 2 amide bonds. The first kappa shape index (κ1) is 13.4. The van der Waals surface area contributed by atoms with Gasteiger partial charge in [-0.1, -0.05) is 18.2 Å². The van der Waals surface area contributed by atoms with Crippen molar-refractivity contribution in [1.82, 2.24) is 9.80 Å². The number of para-hydroxylation sites is 1. The van der Waals surface area contributed by atoms with Gasteiger partial charge in [-0.15, -0.1) is 0 Å². The number of likely N-dealkylation sites (tertiary alicyclic amines) is 2. The molecule has 1 aromatic carbocycles. The van der Waals surface area contributed by atoms with E-state index in [1.807, 2.05) is 35.2 Å². The quantitative estimate of drug-likeness (QED) is 0.854. The summed E-state index contributed by atoms with van der Waals surface area (Å²) >= 11 is 0. The number of hydrogen-bond donors (Lipinski definition) is 1. The van der Waals surface area contributed by atoms with Crippen molar-refractivity contribution >= 4 is 11.7 Å². The van der Waals surface area contributed by atoms with E-state index in [9.17, 15) is 4.79 Å². The molecule has 1 atom stereocenters. The minimum absolute atomic E-state index is 0.0429. The van der Waals surface area contributed by atoms with Crippen LogP contribution in [0.2, 0.25) is 0 Å². The summed E-state index contributed by atoms with van der Waals surface area (Å²) in [5.41, 5.74) is 1.21. The van der Waals surface area contributed by atoms with Gasteiger partial charge in [-0.3, -0.25) is 0 Å². The van der Waals surface area contributed by atoms with Crippen LogP contribution in [0.25, 0.3) is 0 Å². The molecule has 2 saturated heterocycles. The van der Waals surface area contributed by atoms with Gasteiger partial charge in [-0.25, -0.2) is 4.79 Å². The average molecular weight is 273 g/mol. The van der Waals surface area contributed by atoms with Gasteiger partial charge in [-0.05, 0) is 45.0 Å². The standard InChI is InChI=1S/C16H23N3O/c1-18-10-5-8-16(12-18)9-11-19(13-16)15(20)17-14-6-3-2-4-7-14/h2-4,6-7H,5,8-13H2,1H3,(H,17,20)/t16-/m1/s1. The van der Waals surface area contributed by atoms with E-state index in [-0.39, 0.29) is 6.03 Å². The van der Waals surface area contributed by atoms with Crippen LogP contribution < -0.4 is 5.32 Å². The number of carbonyl (C=O) groups excluding carboxylic acids is 1. The lowest BCUT2D eigenvalue weighted by atomic mass is 9.79. The van der Waals surface area contributed by atoms with Gasteiger partial charge < -0.3 is 15.1 Å². The number of nitrogens with zero attached hydrogens (tertiary/aromatic N) is 2. The predicted molar refractivity (Wildman–Crippen MR) is 80.8 cm³/mol. The van der Waals surface area contributed by atoms with E-state index in [0.717, 1.165) is 31.7 Å². The molecular weight excluding hydrogens is 250 g/mol. The molecule has 2 aliphatic rings. The molecule has 0 saturated carbocycles. The zero-order valence-corrected chi connectivity index (χ0v) is 12.1. The monoisotopic (exact) mass is 273 g/mol. The first-order valence-electron chi connectivity index (χ1n) is 7.46. The predicted octanol–water partition coefficient (Wildman–Crippen LogP) is 2.64. The van der Waals surface area contributed by atoms with E-state index in [2.05, 4.69) is 17.3 Å². The minimum Gasteiger partial charge on any atom is -0.324 e. The van der Waals surface area contributed by atoms with Crippen LogP contribution in [0.15, 0.2) is 30.3 Å². The molecule has 108 valence electrons. The molecule has 2 aliphatic heterocycles. The van der Waals surface area contributed by atoms with Gasteiger partial charge >= 0.3 is 6.03 Å². The second-order valence-electron chi connectivity index (χ2n) is 6.31. The largest absolute Gasteiger partial charge is 0.324 e. The number of benzene rings is 1. The fraction of sp³-hybridized carbons (Fsp3) is 0.562. The summed E-state index contributed by atoms with van der Waals surface area (Å²) in [5, 5.41) is 2.99. The smallest absolute Gasteiger partial charge is 0.321 e. The van der Waals surface area contributed by atoms with Gasteiger partial charge in [0.05, 0.1) is 0 Å². The molecule has 0 aromatic heterocycles. The summed E-state index contributed by atoms with van der Waals surface area (Å²) in [7, 11) is 2.19. The lowest BCUT2D eigenvalue weighted by Crippen LogP contribution is -2.44. The number of anilines is 1. The van der Waals surface area contributed by atoms with E-state index in [0.29, 0.717) is 5.41 Å². The van der Waals surface area contributed by atoms with Gasteiger partial charge in [0, 0.05) is 30.7 Å². The first-order valence-corrected chi connectivity index (χ1v) is 7.46. The molecule has 1 spiro atoms. The van der Waals surface area contributed by atoms with E-state index < -0.39 is 0 Å². The average Bonchev–Trinajstić information content (AvgIpc) is 2.83. The highest BCUT2D eigenvalue weighted by atomic mass is 16.2. The third-order valence-electron chi connectivity index (χ3n) is 4.60. The van der Waals surface area contributed by atoms with Crippen LogP contribution in [-0.4, -0.2) is 49.1 Å². The van der Waals surface area contributed by atoms with E-state index in [4.69, 9.17) is 0 Å². The van der Waals surface area contributed by atoms with Crippen LogP contribution in [0.3, 0.4) is 0 Å². The molecule has 0 bridgehead atoms. The second-order valence-corrected chi connectivity index (χ2v) is 6.31. The second kappa shape index (κ2) is 5.44. The number of amides is 2. The summed E-state index contributed by atoms with van der Waals surface area (Å²) in [6.07, 6.45) is 3.65. The van der Waals surface area contributed by atoms with Crippen LogP contribution in [0.4, 0.5) is 10.5 Å². The Labute approximate surface area is 120 Å². The maximum Gasteiger partial charge on any atom is 0.321 e. The number of carbonyl (C=O) groups is 1. The van der Waals surface area contributed by atoms with E-state index in [1.165, 1.54) is 19.4 Å². The van der Waals surface area contributed by atoms with E-state index >= 15 is 0 Å². The maximum absolute atomic E-state index is 12.3. The molecule has 2 fully saturated rings. The highest BCUT2D eigenvalue weighted by Crippen LogP contribution is 2.38. The highest BCUT2D eigenvalue weighted by Gasteiger charge is 2.41. The zero-order chi connectivity index (χ0) is 14.0. The molecule has 4 heteroatoms. The molecule has 0 radical (unpaired) electrons. The van der Waals surface area contributed by atoms with Crippen molar-refractivity contribution in [2.24, 2.45) is 5.41 Å². The third-order valence-corrected chi connectivity index (χ3v) is 4.60. The lowest BCUT2D eigenvalue weighted by molar-refractivity contribution is 0.117. The third kappa shape index (κ3) is 2.80. The summed E-state index contributed by atoms with van der Waals surface area (Å²) < 4.78 is 0. The van der Waals surface area contributed by atoms with Crippen molar-refractivity contribution in [3.63, 3.8) is 0 Å². The number of piperidine rings is 1. The molecule has 0 aliphatic carbocycles. The topological polar surface area (TPSA) is 35.6 Å². The number of rotatable bonds is 1. The molecule has 20 heavy (non-hydrogen) atoms. The van der Waals surface area contributed by atoms with Crippen molar-refractivity contribution in [2.75, 3.05) is 38.5 Å². The van der Waals surface area contributed by atoms with Crippen LogP contribution in [-0.2, 0) is 0 Å². The van der Waals surface area contributed by atoms with Crippen molar-refractivity contribution in [2.45, 2.75) is 19.3 Å². The van der Waals surface area contributed by atoms with Crippen molar-refractivity contribution in [3.8, 4) is 0 Å². The summed E-state index contributed by atoms with van der Waals surface area (Å²) in [4.78, 5) is 16.7. The fourth-order valence-corrected chi connectivity index (χ4v) is 3.62. The zero-order valence-electron chi connectivity index (χ0n) is 12.1. The summed E-state index contributed by atoms with van der Waals surface area (Å²) in [6.45, 7) is 4.10. The Kier molecular flexibility index (Phi) is 3.66. The molecular formula is C16H23N3O. The first-order chi connectivity index (χ1) is 9.67. The Morgan fingerprint density at radius 3 is 2.70 bits per heavy atom. The van der Waals surface area contributed by atoms with Gasteiger partial charge in [0.1, 0.15) is 0 Å². The van der Waals surface area contributed by atoms with Gasteiger partial charge in [0.15, 0.2) is 0 Å². The van der Waals surface area contributed by atoms with Gasteiger partial charge in [-0.2, -0.15) is 0 Å². The van der Waals surface area contributed by atoms with Crippen molar-refractivity contribution in [1.29, 1.82) is 0 Å². The van der Waals surface area contributed by atoms with Crippen LogP contribution >= 0.6 is 0 Å². The molecule has 1 N–H and O–H groups in total. The Morgan fingerprint density at radius 1 is 1.15 bits per heavy atom. The molecule has 3 rings (SSSR count). The summed E-state index contributed by atoms with van der Waals surface area (Å²) in [6, 6.07) is 9.74. The number of urea groups is 1. The van der Waals surface area contributed by atoms with Crippen LogP contribution in [0, 0.1) is 5.41 Å².